The third kappa shape index (κ3) is 4.62. The van der Waals surface area contributed by atoms with Crippen LogP contribution < -0.4 is 9.47 Å². The molecule has 1 aliphatic heterocycles. The lowest BCUT2D eigenvalue weighted by atomic mass is 10.0. The molecule has 0 fully saturated rings. The molecule has 7 nitrogen and oxygen atoms in total. The second-order valence-electron chi connectivity index (χ2n) is 6.94. The van der Waals surface area contributed by atoms with Crippen molar-refractivity contribution in [1.82, 2.24) is 4.90 Å². The fraction of sp³-hybridized carbons (Fsp3) is 0.364. The largest absolute Gasteiger partial charge is 0.486 e. The van der Waals surface area contributed by atoms with E-state index in [2.05, 4.69) is 6.08 Å². The van der Waals surface area contributed by atoms with E-state index < -0.39 is 5.97 Å². The standard InChI is InChI=1S/C22H23NO6/c24-21(23(14-18-7-4-10-26-18)17-5-2-1-3-6-17)15-29-22(25)16-8-9-19-20(13-16)28-12-11-27-19/h4-5,7-10,13H,1-3,6,11-12,14-15H2. The van der Waals surface area contributed by atoms with Crippen molar-refractivity contribution in [2.75, 3.05) is 19.8 Å². The van der Waals surface area contributed by atoms with Crippen molar-refractivity contribution in [2.24, 2.45) is 0 Å². The molecule has 2 aliphatic rings. The highest BCUT2D eigenvalue weighted by Crippen LogP contribution is 2.31. The normalized spacial score (nSPS) is 15.4. The van der Waals surface area contributed by atoms with E-state index in [1.807, 2.05) is 6.07 Å². The van der Waals surface area contributed by atoms with Gasteiger partial charge in [0.15, 0.2) is 18.1 Å². The van der Waals surface area contributed by atoms with Crippen LogP contribution >= 0.6 is 0 Å². The average molecular weight is 397 g/mol. The molecule has 4 rings (SSSR count). The second-order valence-corrected chi connectivity index (χ2v) is 6.94. The topological polar surface area (TPSA) is 78.2 Å². The third-order valence-electron chi connectivity index (χ3n) is 4.91. The monoisotopic (exact) mass is 397 g/mol. The summed E-state index contributed by atoms with van der Waals surface area (Å²) in [4.78, 5) is 26.9. The van der Waals surface area contributed by atoms with Gasteiger partial charge < -0.3 is 23.5 Å². The molecule has 29 heavy (non-hydrogen) atoms. The van der Waals surface area contributed by atoms with Gasteiger partial charge in [-0.1, -0.05) is 6.08 Å². The van der Waals surface area contributed by atoms with Gasteiger partial charge in [-0.2, -0.15) is 0 Å². The van der Waals surface area contributed by atoms with Gasteiger partial charge in [0.1, 0.15) is 19.0 Å². The number of benzene rings is 1. The summed E-state index contributed by atoms with van der Waals surface area (Å²) in [6, 6.07) is 8.46. The second kappa shape index (κ2) is 8.86. The SMILES string of the molecule is O=C(OCC(=O)N(Cc1ccco1)C1=CCCCC1)c1ccc2c(c1)OCCO2. The third-order valence-corrected chi connectivity index (χ3v) is 4.91. The Balaban J connectivity index is 1.41. The summed E-state index contributed by atoms with van der Waals surface area (Å²) in [6.07, 6.45) is 7.56. The summed E-state index contributed by atoms with van der Waals surface area (Å²) in [6.45, 7) is 0.887. The first-order valence-electron chi connectivity index (χ1n) is 9.79. The number of carbonyl (C=O) groups is 2. The summed E-state index contributed by atoms with van der Waals surface area (Å²) >= 11 is 0. The number of esters is 1. The van der Waals surface area contributed by atoms with Crippen LogP contribution in [0.15, 0.2) is 52.8 Å². The van der Waals surface area contributed by atoms with Gasteiger partial charge in [-0.3, -0.25) is 4.79 Å². The summed E-state index contributed by atoms with van der Waals surface area (Å²) < 4.78 is 21.6. The Morgan fingerprint density at radius 2 is 1.93 bits per heavy atom. The molecule has 0 unspecified atom stereocenters. The molecular weight excluding hydrogens is 374 g/mol. The summed E-state index contributed by atoms with van der Waals surface area (Å²) in [5.74, 6) is 0.927. The van der Waals surface area contributed by atoms with Gasteiger partial charge in [0, 0.05) is 5.70 Å². The van der Waals surface area contributed by atoms with Crippen LogP contribution in [0.5, 0.6) is 11.5 Å². The maximum Gasteiger partial charge on any atom is 0.338 e. The molecule has 0 radical (unpaired) electrons. The number of hydrogen-bond donors (Lipinski definition) is 0. The first-order chi connectivity index (χ1) is 14.2. The smallest absolute Gasteiger partial charge is 0.338 e. The van der Waals surface area contributed by atoms with Gasteiger partial charge in [0.2, 0.25) is 0 Å². The van der Waals surface area contributed by atoms with Crippen LogP contribution in [0.3, 0.4) is 0 Å². The Kier molecular flexibility index (Phi) is 5.84. The number of carbonyl (C=O) groups excluding carboxylic acids is 2. The maximum atomic E-state index is 12.9. The molecule has 7 heteroatoms. The van der Waals surface area contributed by atoms with E-state index >= 15 is 0 Å². The van der Waals surface area contributed by atoms with E-state index in [0.717, 1.165) is 31.4 Å². The summed E-state index contributed by atoms with van der Waals surface area (Å²) in [5.41, 5.74) is 1.27. The molecule has 0 saturated carbocycles. The van der Waals surface area contributed by atoms with E-state index in [1.165, 1.54) is 0 Å². The first-order valence-corrected chi connectivity index (χ1v) is 9.79. The summed E-state index contributed by atoms with van der Waals surface area (Å²) in [5, 5.41) is 0. The number of amides is 1. The highest BCUT2D eigenvalue weighted by molar-refractivity contribution is 5.92. The van der Waals surface area contributed by atoms with Gasteiger partial charge in [-0.05, 0) is 56.0 Å². The van der Waals surface area contributed by atoms with Crippen molar-refractivity contribution in [3.8, 4) is 11.5 Å². The Hall–Kier alpha value is -3.22. The Bertz CT molecular complexity index is 902. The zero-order valence-corrected chi connectivity index (χ0v) is 16.1. The van der Waals surface area contributed by atoms with Crippen molar-refractivity contribution in [3.63, 3.8) is 0 Å². The van der Waals surface area contributed by atoms with Gasteiger partial charge in [0.25, 0.3) is 5.91 Å². The van der Waals surface area contributed by atoms with Crippen molar-refractivity contribution in [2.45, 2.75) is 32.2 Å². The molecule has 2 heterocycles. The van der Waals surface area contributed by atoms with E-state index in [0.29, 0.717) is 42.6 Å². The van der Waals surface area contributed by atoms with Crippen LogP contribution in [0.25, 0.3) is 0 Å². The molecule has 0 saturated heterocycles. The van der Waals surface area contributed by atoms with Crippen molar-refractivity contribution in [1.29, 1.82) is 0 Å². The first kappa shape index (κ1) is 19.1. The average Bonchev–Trinajstić information content (AvgIpc) is 3.29. The van der Waals surface area contributed by atoms with Crippen LogP contribution in [0, 0.1) is 0 Å². The maximum absolute atomic E-state index is 12.9. The zero-order valence-electron chi connectivity index (χ0n) is 16.1. The molecule has 0 N–H and O–H groups in total. The number of allylic oxidation sites excluding steroid dienone is 2. The fourth-order valence-corrected chi connectivity index (χ4v) is 3.43. The molecule has 152 valence electrons. The minimum Gasteiger partial charge on any atom is -0.486 e. The predicted molar refractivity (Wildman–Crippen MR) is 104 cm³/mol. The molecule has 1 aliphatic carbocycles. The number of hydrogen-bond acceptors (Lipinski definition) is 6. The van der Waals surface area contributed by atoms with E-state index in [4.69, 9.17) is 18.6 Å². The molecule has 1 aromatic carbocycles. The van der Waals surface area contributed by atoms with E-state index in [1.54, 1.807) is 35.4 Å². The zero-order chi connectivity index (χ0) is 20.1. The molecule has 0 bridgehead atoms. The van der Waals surface area contributed by atoms with Crippen molar-refractivity contribution in [3.05, 3.63) is 59.7 Å². The quantitative estimate of drug-likeness (QED) is 0.692. The van der Waals surface area contributed by atoms with Crippen LogP contribution in [-0.4, -0.2) is 36.6 Å². The van der Waals surface area contributed by atoms with Crippen LogP contribution in [0.2, 0.25) is 0 Å². The van der Waals surface area contributed by atoms with E-state index in [-0.39, 0.29) is 12.5 Å². The van der Waals surface area contributed by atoms with Crippen LogP contribution in [-0.2, 0) is 16.1 Å². The number of furan rings is 1. The van der Waals surface area contributed by atoms with Gasteiger partial charge in [0.05, 0.1) is 18.4 Å². The minimum atomic E-state index is -0.578. The molecular formula is C22H23NO6. The number of nitrogens with zero attached hydrogens (tertiary/aromatic N) is 1. The van der Waals surface area contributed by atoms with Gasteiger partial charge in [-0.25, -0.2) is 4.79 Å². The Labute approximate surface area is 168 Å². The summed E-state index contributed by atoms with van der Waals surface area (Å²) in [7, 11) is 0. The Morgan fingerprint density at radius 3 is 2.69 bits per heavy atom. The molecule has 1 aromatic heterocycles. The van der Waals surface area contributed by atoms with Gasteiger partial charge >= 0.3 is 5.97 Å². The lowest BCUT2D eigenvalue weighted by Gasteiger charge is -2.27. The van der Waals surface area contributed by atoms with Gasteiger partial charge in [-0.15, -0.1) is 0 Å². The number of rotatable bonds is 6. The van der Waals surface area contributed by atoms with Crippen LogP contribution in [0.4, 0.5) is 0 Å². The lowest BCUT2D eigenvalue weighted by molar-refractivity contribution is -0.133. The highest BCUT2D eigenvalue weighted by Gasteiger charge is 2.23. The Morgan fingerprint density at radius 1 is 1.07 bits per heavy atom. The minimum absolute atomic E-state index is 0.277. The molecule has 0 spiro atoms. The number of fused-ring (bicyclic) bond motifs is 1. The molecule has 1 amide bonds. The van der Waals surface area contributed by atoms with E-state index in [9.17, 15) is 9.59 Å². The van der Waals surface area contributed by atoms with Crippen molar-refractivity contribution < 1.29 is 28.2 Å². The predicted octanol–water partition coefficient (Wildman–Crippen LogP) is 3.69. The molecule has 0 atom stereocenters. The lowest BCUT2D eigenvalue weighted by Crippen LogP contribution is -2.34. The van der Waals surface area contributed by atoms with Crippen LogP contribution in [0.1, 0.15) is 41.8 Å². The number of ether oxygens (including phenoxy) is 3. The molecule has 2 aromatic rings. The highest BCUT2D eigenvalue weighted by atomic mass is 16.6. The fourth-order valence-electron chi connectivity index (χ4n) is 3.43. The van der Waals surface area contributed by atoms with Crippen molar-refractivity contribution >= 4 is 11.9 Å².